The highest BCUT2D eigenvalue weighted by Gasteiger charge is 2.51. The van der Waals surface area contributed by atoms with Crippen molar-refractivity contribution in [1.82, 2.24) is 4.90 Å². The fourth-order valence-electron chi connectivity index (χ4n) is 6.36. The Morgan fingerprint density at radius 3 is 2.29 bits per heavy atom. The number of likely N-dealkylation sites (tertiary alicyclic amines) is 1. The molecule has 3 heteroatoms. The topological polar surface area (TPSA) is 20.3 Å². The minimum absolute atomic E-state index is 0.389. The number of carbonyl (C=O) groups is 1. The lowest BCUT2D eigenvalue weighted by Gasteiger charge is -2.57. The number of piperidine rings is 1. The zero-order valence-electron chi connectivity index (χ0n) is 13.0. The molecule has 4 bridgehead atoms. The molecule has 0 aromatic rings. The van der Waals surface area contributed by atoms with Crippen LogP contribution in [0.25, 0.3) is 0 Å². The standard InChI is InChI=1S/C18H28ClNO/c19-11-13-2-1-3-20(12-13)17(21)10-18-7-14-4-15(8-18)6-16(5-14)9-18/h13-16H,1-12H2. The Bertz CT molecular complexity index is 386. The number of halogens is 1. The maximum atomic E-state index is 12.8. The summed E-state index contributed by atoms with van der Waals surface area (Å²) in [5.41, 5.74) is 0.389. The molecule has 1 unspecified atom stereocenters. The first kappa shape index (κ1) is 14.4. The molecule has 0 aromatic carbocycles. The van der Waals surface area contributed by atoms with Crippen molar-refractivity contribution in [3.8, 4) is 0 Å². The van der Waals surface area contributed by atoms with Gasteiger partial charge in [-0.05, 0) is 80.5 Å². The summed E-state index contributed by atoms with van der Waals surface area (Å²) in [6.07, 6.45) is 11.6. The molecule has 0 N–H and O–H groups in total. The largest absolute Gasteiger partial charge is 0.342 e. The highest BCUT2D eigenvalue weighted by atomic mass is 35.5. The first-order valence-corrected chi connectivity index (χ1v) is 9.53. The van der Waals surface area contributed by atoms with Crippen LogP contribution in [0.15, 0.2) is 0 Å². The molecule has 2 nitrogen and oxygen atoms in total. The molecular weight excluding hydrogens is 282 g/mol. The van der Waals surface area contributed by atoms with Gasteiger partial charge in [0.05, 0.1) is 0 Å². The van der Waals surface area contributed by atoms with E-state index in [1.165, 1.54) is 44.9 Å². The van der Waals surface area contributed by atoms with Gasteiger partial charge in [-0.2, -0.15) is 0 Å². The van der Waals surface area contributed by atoms with Crippen molar-refractivity contribution in [2.75, 3.05) is 19.0 Å². The Morgan fingerprint density at radius 2 is 1.71 bits per heavy atom. The van der Waals surface area contributed by atoms with Gasteiger partial charge in [0.15, 0.2) is 0 Å². The number of hydrogen-bond donors (Lipinski definition) is 0. The lowest BCUT2D eigenvalue weighted by atomic mass is 9.49. The molecule has 1 atom stereocenters. The summed E-state index contributed by atoms with van der Waals surface area (Å²) in [5, 5.41) is 0. The number of nitrogens with zero attached hydrogens (tertiary/aromatic N) is 1. The molecule has 0 radical (unpaired) electrons. The van der Waals surface area contributed by atoms with Gasteiger partial charge in [-0.25, -0.2) is 0 Å². The van der Waals surface area contributed by atoms with E-state index in [-0.39, 0.29) is 0 Å². The van der Waals surface area contributed by atoms with Crippen LogP contribution in [-0.2, 0) is 4.79 Å². The highest BCUT2D eigenvalue weighted by Crippen LogP contribution is 2.61. The van der Waals surface area contributed by atoms with Crippen molar-refractivity contribution in [2.45, 2.75) is 57.8 Å². The summed E-state index contributed by atoms with van der Waals surface area (Å²) in [4.78, 5) is 15.0. The summed E-state index contributed by atoms with van der Waals surface area (Å²) in [6.45, 7) is 1.88. The van der Waals surface area contributed by atoms with Gasteiger partial charge in [0, 0.05) is 25.4 Å². The quantitative estimate of drug-likeness (QED) is 0.720. The molecular formula is C18H28ClNO. The molecule has 1 amide bonds. The van der Waals surface area contributed by atoms with Gasteiger partial charge < -0.3 is 4.90 Å². The molecule has 4 aliphatic carbocycles. The second-order valence-corrected chi connectivity index (χ2v) is 8.91. The number of alkyl halides is 1. The molecule has 5 rings (SSSR count). The molecule has 1 saturated heterocycles. The van der Waals surface area contributed by atoms with Crippen molar-refractivity contribution in [2.24, 2.45) is 29.1 Å². The van der Waals surface area contributed by atoms with Crippen molar-refractivity contribution < 1.29 is 4.79 Å². The molecule has 0 spiro atoms. The number of rotatable bonds is 3. The summed E-state index contributed by atoms with van der Waals surface area (Å²) < 4.78 is 0. The van der Waals surface area contributed by atoms with E-state index in [4.69, 9.17) is 11.6 Å². The van der Waals surface area contributed by atoms with Crippen LogP contribution < -0.4 is 0 Å². The average Bonchev–Trinajstić information content (AvgIpc) is 2.45. The van der Waals surface area contributed by atoms with Crippen LogP contribution in [0, 0.1) is 29.1 Å². The third-order valence-corrected chi connectivity index (χ3v) is 7.22. The monoisotopic (exact) mass is 309 g/mol. The molecule has 118 valence electrons. The van der Waals surface area contributed by atoms with Gasteiger partial charge in [-0.15, -0.1) is 11.6 Å². The van der Waals surface area contributed by atoms with E-state index in [2.05, 4.69) is 4.90 Å². The van der Waals surface area contributed by atoms with Gasteiger partial charge in [-0.1, -0.05) is 0 Å². The zero-order valence-corrected chi connectivity index (χ0v) is 13.8. The summed E-state index contributed by atoms with van der Waals surface area (Å²) in [7, 11) is 0. The first-order valence-electron chi connectivity index (χ1n) is 8.99. The minimum Gasteiger partial charge on any atom is -0.342 e. The van der Waals surface area contributed by atoms with E-state index >= 15 is 0 Å². The van der Waals surface area contributed by atoms with Crippen molar-refractivity contribution in [1.29, 1.82) is 0 Å². The second kappa shape index (κ2) is 5.44. The summed E-state index contributed by atoms with van der Waals surface area (Å²) >= 11 is 6.01. The number of carbonyl (C=O) groups excluding carboxylic acids is 1. The number of hydrogen-bond acceptors (Lipinski definition) is 1. The van der Waals surface area contributed by atoms with Gasteiger partial charge in [0.2, 0.25) is 5.91 Å². The fraction of sp³-hybridized carbons (Fsp3) is 0.944. The van der Waals surface area contributed by atoms with Crippen molar-refractivity contribution >= 4 is 17.5 Å². The van der Waals surface area contributed by atoms with E-state index in [1.54, 1.807) is 0 Å². The van der Waals surface area contributed by atoms with Crippen LogP contribution in [-0.4, -0.2) is 29.8 Å². The summed E-state index contributed by atoms with van der Waals surface area (Å²) in [5.74, 6) is 4.51. The lowest BCUT2D eigenvalue weighted by Crippen LogP contribution is -2.49. The normalized spacial score (nSPS) is 45.1. The Kier molecular flexibility index (Phi) is 3.72. The third-order valence-electron chi connectivity index (χ3n) is 6.78. The smallest absolute Gasteiger partial charge is 0.223 e. The van der Waals surface area contributed by atoms with Crippen molar-refractivity contribution in [3.05, 3.63) is 0 Å². The van der Waals surface area contributed by atoms with E-state index < -0.39 is 0 Å². The van der Waals surface area contributed by atoms with E-state index in [0.717, 1.165) is 43.7 Å². The van der Waals surface area contributed by atoms with Crippen LogP contribution in [0.5, 0.6) is 0 Å². The number of amides is 1. The zero-order chi connectivity index (χ0) is 14.4. The molecule has 4 saturated carbocycles. The van der Waals surface area contributed by atoms with Gasteiger partial charge in [0.1, 0.15) is 0 Å². The Morgan fingerprint density at radius 1 is 1.10 bits per heavy atom. The van der Waals surface area contributed by atoms with E-state index in [0.29, 0.717) is 23.1 Å². The molecule has 21 heavy (non-hydrogen) atoms. The highest BCUT2D eigenvalue weighted by molar-refractivity contribution is 6.18. The summed E-state index contributed by atoms with van der Waals surface area (Å²) in [6, 6.07) is 0. The van der Waals surface area contributed by atoms with E-state index in [1.807, 2.05) is 0 Å². The Balaban J connectivity index is 1.42. The second-order valence-electron chi connectivity index (χ2n) is 8.60. The van der Waals surface area contributed by atoms with Crippen LogP contribution in [0.3, 0.4) is 0 Å². The average molecular weight is 310 g/mol. The van der Waals surface area contributed by atoms with Gasteiger partial charge in [-0.3, -0.25) is 4.79 Å². The minimum atomic E-state index is 0.389. The van der Waals surface area contributed by atoms with Crippen LogP contribution >= 0.6 is 11.6 Å². The van der Waals surface area contributed by atoms with Gasteiger partial charge >= 0.3 is 0 Å². The molecule has 5 aliphatic rings. The van der Waals surface area contributed by atoms with Crippen molar-refractivity contribution in [3.63, 3.8) is 0 Å². The molecule has 5 fully saturated rings. The molecule has 0 aromatic heterocycles. The Labute approximate surface area is 133 Å². The Hall–Kier alpha value is -0.240. The lowest BCUT2D eigenvalue weighted by molar-refractivity contribution is -0.141. The molecule has 1 heterocycles. The van der Waals surface area contributed by atoms with Gasteiger partial charge in [0.25, 0.3) is 0 Å². The third kappa shape index (κ3) is 2.73. The maximum absolute atomic E-state index is 12.8. The molecule has 1 aliphatic heterocycles. The first-order chi connectivity index (χ1) is 10.2. The van der Waals surface area contributed by atoms with Crippen LogP contribution in [0.4, 0.5) is 0 Å². The van der Waals surface area contributed by atoms with E-state index in [9.17, 15) is 4.79 Å². The fourth-order valence-corrected chi connectivity index (χ4v) is 6.61. The van der Waals surface area contributed by atoms with Crippen LogP contribution in [0.2, 0.25) is 0 Å². The predicted octanol–water partition coefficient (Wildman–Crippen LogP) is 4.07. The maximum Gasteiger partial charge on any atom is 0.223 e. The van der Waals surface area contributed by atoms with Crippen LogP contribution in [0.1, 0.15) is 57.8 Å². The SMILES string of the molecule is O=C(CC12CC3CC(CC(C3)C1)C2)N1CCCC(CCl)C1. The predicted molar refractivity (Wildman–Crippen MR) is 85.2 cm³/mol.